The van der Waals surface area contributed by atoms with Gasteiger partial charge in [0.25, 0.3) is 0 Å². The molecule has 3 nitrogen and oxygen atoms in total. The van der Waals surface area contributed by atoms with Gasteiger partial charge in [-0.05, 0) is 38.3 Å². The summed E-state index contributed by atoms with van der Waals surface area (Å²) in [5.74, 6) is 0.758. The van der Waals surface area contributed by atoms with E-state index in [9.17, 15) is 0 Å². The number of nitrogens with zero attached hydrogens (tertiary/aromatic N) is 1. The van der Waals surface area contributed by atoms with Crippen LogP contribution in [0.25, 0.3) is 0 Å². The number of nitrogens with one attached hydrogen (secondary N) is 1. The number of ether oxygens (including phenoxy) is 1. The fourth-order valence-electron chi connectivity index (χ4n) is 2.59. The Morgan fingerprint density at radius 3 is 2.94 bits per heavy atom. The van der Waals surface area contributed by atoms with Gasteiger partial charge in [0.2, 0.25) is 0 Å². The highest BCUT2D eigenvalue weighted by molar-refractivity contribution is 4.73. The molecule has 1 fully saturated rings. The highest BCUT2D eigenvalue weighted by atomic mass is 16.5. The zero-order valence-electron chi connectivity index (χ0n) is 11.7. The van der Waals surface area contributed by atoms with Crippen molar-refractivity contribution in [3.63, 3.8) is 0 Å². The monoisotopic (exact) mass is 242 g/mol. The van der Waals surface area contributed by atoms with E-state index in [-0.39, 0.29) is 0 Å². The number of rotatable bonds is 9. The van der Waals surface area contributed by atoms with Crippen LogP contribution in [-0.2, 0) is 4.74 Å². The van der Waals surface area contributed by atoms with Crippen molar-refractivity contribution in [3.05, 3.63) is 0 Å². The summed E-state index contributed by atoms with van der Waals surface area (Å²) in [6, 6.07) is 0. The second-order valence-corrected chi connectivity index (χ2v) is 5.22. The predicted molar refractivity (Wildman–Crippen MR) is 73.4 cm³/mol. The molecule has 1 N–H and O–H groups in total. The van der Waals surface area contributed by atoms with Crippen LogP contribution in [0.15, 0.2) is 0 Å². The van der Waals surface area contributed by atoms with Gasteiger partial charge in [-0.15, -0.1) is 0 Å². The Bertz CT molecular complexity index is 174. The van der Waals surface area contributed by atoms with Crippen molar-refractivity contribution in [1.29, 1.82) is 0 Å². The molecule has 0 aromatic rings. The second kappa shape index (κ2) is 9.86. The minimum Gasteiger partial charge on any atom is -0.384 e. The van der Waals surface area contributed by atoms with E-state index in [2.05, 4.69) is 17.1 Å². The van der Waals surface area contributed by atoms with E-state index in [0.29, 0.717) is 0 Å². The Morgan fingerprint density at radius 1 is 1.29 bits per heavy atom. The summed E-state index contributed by atoms with van der Waals surface area (Å²) >= 11 is 0. The Morgan fingerprint density at radius 2 is 2.18 bits per heavy atom. The summed E-state index contributed by atoms with van der Waals surface area (Å²) in [5, 5.41) is 3.54. The van der Waals surface area contributed by atoms with Gasteiger partial charge in [0.15, 0.2) is 0 Å². The molecule has 17 heavy (non-hydrogen) atoms. The van der Waals surface area contributed by atoms with E-state index in [1.165, 1.54) is 58.3 Å². The molecule has 1 unspecified atom stereocenters. The number of piperidine rings is 1. The van der Waals surface area contributed by atoms with E-state index in [0.717, 1.165) is 19.1 Å². The average molecular weight is 242 g/mol. The summed E-state index contributed by atoms with van der Waals surface area (Å²) in [6.07, 6.45) is 6.67. The van der Waals surface area contributed by atoms with Crippen LogP contribution in [0.4, 0.5) is 0 Å². The van der Waals surface area contributed by atoms with Crippen molar-refractivity contribution in [1.82, 2.24) is 10.2 Å². The maximum Gasteiger partial charge on any atom is 0.0502 e. The maximum atomic E-state index is 5.26. The molecule has 0 saturated carbocycles. The van der Waals surface area contributed by atoms with E-state index in [1.807, 2.05) is 7.11 Å². The molecule has 102 valence electrons. The smallest absolute Gasteiger partial charge is 0.0502 e. The van der Waals surface area contributed by atoms with Gasteiger partial charge in [0.05, 0.1) is 6.61 Å². The summed E-state index contributed by atoms with van der Waals surface area (Å²) < 4.78 is 5.26. The zero-order chi connectivity index (χ0) is 12.3. The third-order valence-corrected chi connectivity index (χ3v) is 3.57. The van der Waals surface area contributed by atoms with Crippen LogP contribution < -0.4 is 5.32 Å². The highest BCUT2D eigenvalue weighted by Crippen LogP contribution is 2.15. The Balaban J connectivity index is 1.98. The number of methoxy groups -OCH3 is 1. The van der Waals surface area contributed by atoms with Gasteiger partial charge in [-0.2, -0.15) is 0 Å². The maximum absolute atomic E-state index is 5.26. The standard InChI is InChI=1S/C14H30N2O/c1-3-4-5-8-15-9-11-16-10-6-7-14(12-16)13-17-2/h14-15H,3-13H2,1-2H3. The Hall–Kier alpha value is -0.120. The summed E-state index contributed by atoms with van der Waals surface area (Å²) in [6.45, 7) is 9.21. The lowest BCUT2D eigenvalue weighted by atomic mass is 9.99. The first-order valence-corrected chi connectivity index (χ1v) is 7.28. The van der Waals surface area contributed by atoms with Gasteiger partial charge in [0.1, 0.15) is 0 Å². The van der Waals surface area contributed by atoms with Gasteiger partial charge in [-0.3, -0.25) is 0 Å². The lowest BCUT2D eigenvalue weighted by Gasteiger charge is -2.32. The summed E-state index contributed by atoms with van der Waals surface area (Å²) in [7, 11) is 1.81. The van der Waals surface area contributed by atoms with E-state index in [1.54, 1.807) is 0 Å². The number of hydrogen-bond acceptors (Lipinski definition) is 3. The van der Waals surface area contributed by atoms with Crippen LogP contribution >= 0.6 is 0 Å². The Labute approximate surface area is 107 Å². The molecule has 0 aromatic heterocycles. The highest BCUT2D eigenvalue weighted by Gasteiger charge is 2.18. The van der Waals surface area contributed by atoms with Crippen LogP contribution in [0, 0.1) is 5.92 Å². The van der Waals surface area contributed by atoms with Crippen LogP contribution in [0.5, 0.6) is 0 Å². The lowest BCUT2D eigenvalue weighted by Crippen LogP contribution is -2.40. The molecule has 1 saturated heterocycles. The molecule has 0 aromatic carbocycles. The molecule has 1 aliphatic heterocycles. The molecule has 0 aliphatic carbocycles. The molecule has 1 rings (SSSR count). The number of unbranched alkanes of at least 4 members (excludes halogenated alkanes) is 2. The van der Waals surface area contributed by atoms with Crippen molar-refractivity contribution in [2.24, 2.45) is 5.92 Å². The van der Waals surface area contributed by atoms with Crippen molar-refractivity contribution >= 4 is 0 Å². The fraction of sp³-hybridized carbons (Fsp3) is 1.00. The molecular weight excluding hydrogens is 212 g/mol. The molecule has 0 amide bonds. The molecule has 1 atom stereocenters. The first-order valence-electron chi connectivity index (χ1n) is 7.28. The fourth-order valence-corrected chi connectivity index (χ4v) is 2.59. The minimum absolute atomic E-state index is 0.758. The SMILES string of the molecule is CCCCCNCCN1CCCC(COC)C1. The minimum atomic E-state index is 0.758. The van der Waals surface area contributed by atoms with Gasteiger partial charge in [-0.1, -0.05) is 19.8 Å². The first kappa shape index (κ1) is 14.9. The molecule has 0 radical (unpaired) electrons. The van der Waals surface area contributed by atoms with Crippen molar-refractivity contribution < 1.29 is 4.74 Å². The average Bonchev–Trinajstić information content (AvgIpc) is 2.35. The third-order valence-electron chi connectivity index (χ3n) is 3.57. The van der Waals surface area contributed by atoms with E-state index >= 15 is 0 Å². The first-order chi connectivity index (χ1) is 8.36. The second-order valence-electron chi connectivity index (χ2n) is 5.22. The largest absolute Gasteiger partial charge is 0.384 e. The van der Waals surface area contributed by atoms with Crippen LogP contribution in [-0.4, -0.2) is 51.3 Å². The third kappa shape index (κ3) is 7.02. The van der Waals surface area contributed by atoms with Gasteiger partial charge < -0.3 is 15.0 Å². The van der Waals surface area contributed by atoms with Crippen LogP contribution in [0.1, 0.15) is 39.0 Å². The molecule has 3 heteroatoms. The summed E-state index contributed by atoms with van der Waals surface area (Å²) in [5.41, 5.74) is 0. The lowest BCUT2D eigenvalue weighted by molar-refractivity contribution is 0.0911. The number of hydrogen-bond donors (Lipinski definition) is 1. The van der Waals surface area contributed by atoms with Crippen molar-refractivity contribution in [3.8, 4) is 0 Å². The van der Waals surface area contributed by atoms with E-state index < -0.39 is 0 Å². The van der Waals surface area contributed by atoms with Gasteiger partial charge >= 0.3 is 0 Å². The van der Waals surface area contributed by atoms with Crippen molar-refractivity contribution in [2.75, 3.05) is 46.4 Å². The molecular formula is C14H30N2O. The quantitative estimate of drug-likeness (QED) is 0.627. The number of likely N-dealkylation sites (tertiary alicyclic amines) is 1. The van der Waals surface area contributed by atoms with E-state index in [4.69, 9.17) is 4.74 Å². The summed E-state index contributed by atoms with van der Waals surface area (Å²) in [4.78, 5) is 2.58. The molecule has 1 aliphatic rings. The molecule has 1 heterocycles. The molecule has 0 bridgehead atoms. The predicted octanol–water partition coefficient (Wildman–Crippen LogP) is 2.12. The van der Waals surface area contributed by atoms with Crippen LogP contribution in [0.3, 0.4) is 0 Å². The van der Waals surface area contributed by atoms with Gasteiger partial charge in [0, 0.05) is 26.7 Å². The normalized spacial score (nSPS) is 21.9. The van der Waals surface area contributed by atoms with Crippen molar-refractivity contribution in [2.45, 2.75) is 39.0 Å². The Kier molecular flexibility index (Phi) is 8.67. The van der Waals surface area contributed by atoms with Gasteiger partial charge in [-0.25, -0.2) is 0 Å². The topological polar surface area (TPSA) is 24.5 Å². The molecule has 0 spiro atoms. The zero-order valence-corrected chi connectivity index (χ0v) is 11.7. The van der Waals surface area contributed by atoms with Crippen LogP contribution in [0.2, 0.25) is 0 Å².